The first kappa shape index (κ1) is 15.4. The van der Waals surface area contributed by atoms with Crippen LogP contribution in [0.1, 0.15) is 35.9 Å². The molecule has 1 amide bonds. The number of carbonyl (C=O) groups is 1. The van der Waals surface area contributed by atoms with E-state index in [2.05, 4.69) is 6.92 Å². The number of rotatable bonds is 2. The summed E-state index contributed by atoms with van der Waals surface area (Å²) in [5.74, 6) is -0.225. The van der Waals surface area contributed by atoms with Crippen molar-refractivity contribution in [1.29, 1.82) is 0 Å². The molecule has 1 aromatic heterocycles. The van der Waals surface area contributed by atoms with E-state index in [0.717, 1.165) is 35.9 Å². The topological polar surface area (TPSA) is 29.5 Å². The summed E-state index contributed by atoms with van der Waals surface area (Å²) in [5.41, 5.74) is -0.141. The molecule has 3 nitrogen and oxygen atoms in total. The Bertz CT molecular complexity index is 699. The third-order valence-corrected chi connectivity index (χ3v) is 5.62. The molecular formula is C17H20FNO2S. The summed E-state index contributed by atoms with van der Waals surface area (Å²) in [4.78, 5) is 15.3. The number of amides is 1. The second-order valence-corrected chi connectivity index (χ2v) is 7.18. The van der Waals surface area contributed by atoms with Crippen molar-refractivity contribution in [3.63, 3.8) is 0 Å². The fourth-order valence-electron chi connectivity index (χ4n) is 2.93. The molecule has 2 heterocycles. The molecule has 0 spiro atoms. The molecule has 1 unspecified atom stereocenters. The first-order valence-corrected chi connectivity index (χ1v) is 8.36. The molecule has 0 radical (unpaired) electrons. The summed E-state index contributed by atoms with van der Waals surface area (Å²) in [6.07, 6.45) is 2.75. The number of ether oxygens (including phenoxy) is 1. The second kappa shape index (κ2) is 5.97. The summed E-state index contributed by atoms with van der Waals surface area (Å²) in [6, 6.07) is 6.44. The monoisotopic (exact) mass is 321 g/mol. The van der Waals surface area contributed by atoms with Crippen molar-refractivity contribution in [2.75, 3.05) is 20.2 Å². The maximum Gasteiger partial charge on any atom is 0.263 e. The Morgan fingerprint density at radius 3 is 2.91 bits per heavy atom. The Kier molecular flexibility index (Phi) is 4.19. The highest BCUT2D eigenvalue weighted by Gasteiger charge is 2.29. The number of fused-ring (bicyclic) bond motifs is 1. The molecule has 1 aliphatic heterocycles. The molecule has 2 aromatic rings. The van der Waals surface area contributed by atoms with E-state index in [4.69, 9.17) is 4.74 Å². The lowest BCUT2D eigenvalue weighted by Gasteiger charge is -2.26. The Hall–Kier alpha value is -1.46. The number of thiophene rings is 1. The highest BCUT2D eigenvalue weighted by atomic mass is 32.1. The summed E-state index contributed by atoms with van der Waals surface area (Å²) in [5, 5.41) is 0.796. The van der Waals surface area contributed by atoms with Crippen LogP contribution in [0, 0.1) is 5.82 Å². The van der Waals surface area contributed by atoms with Crippen LogP contribution >= 0.6 is 11.3 Å². The maximum absolute atomic E-state index is 13.3. The van der Waals surface area contributed by atoms with Crippen molar-refractivity contribution in [1.82, 2.24) is 4.90 Å². The number of halogens is 1. The van der Waals surface area contributed by atoms with Crippen molar-refractivity contribution >= 4 is 27.3 Å². The van der Waals surface area contributed by atoms with Crippen LogP contribution < -0.4 is 0 Å². The fraction of sp³-hybridized carbons (Fsp3) is 0.471. The van der Waals surface area contributed by atoms with Gasteiger partial charge >= 0.3 is 0 Å². The highest BCUT2D eigenvalue weighted by molar-refractivity contribution is 7.20. The van der Waals surface area contributed by atoms with E-state index in [1.54, 1.807) is 19.2 Å². The van der Waals surface area contributed by atoms with Crippen LogP contribution in [-0.2, 0) is 4.74 Å². The quantitative estimate of drug-likeness (QED) is 0.834. The van der Waals surface area contributed by atoms with Gasteiger partial charge in [0.15, 0.2) is 0 Å². The van der Waals surface area contributed by atoms with Gasteiger partial charge in [-0.25, -0.2) is 4.39 Å². The molecule has 1 saturated heterocycles. The molecule has 1 atom stereocenters. The molecule has 0 saturated carbocycles. The van der Waals surface area contributed by atoms with Gasteiger partial charge in [-0.05, 0) is 55.8 Å². The molecule has 1 aliphatic rings. The molecule has 1 fully saturated rings. The second-order valence-electron chi connectivity index (χ2n) is 6.09. The predicted molar refractivity (Wildman–Crippen MR) is 87.0 cm³/mol. The van der Waals surface area contributed by atoms with Crippen molar-refractivity contribution in [2.45, 2.75) is 31.8 Å². The van der Waals surface area contributed by atoms with Gasteiger partial charge in [-0.3, -0.25) is 4.79 Å². The van der Waals surface area contributed by atoms with E-state index < -0.39 is 0 Å². The molecule has 0 N–H and O–H groups in total. The number of benzene rings is 1. The smallest absolute Gasteiger partial charge is 0.263 e. The average Bonchev–Trinajstić information content (AvgIpc) is 2.82. The number of hydrogen-bond donors (Lipinski definition) is 0. The molecule has 3 rings (SSSR count). The Labute approximate surface area is 133 Å². The Morgan fingerprint density at radius 1 is 1.32 bits per heavy atom. The van der Waals surface area contributed by atoms with Crippen LogP contribution in [0.25, 0.3) is 10.1 Å². The van der Waals surface area contributed by atoms with Crippen molar-refractivity contribution in [3.8, 4) is 0 Å². The predicted octanol–water partition coefficient (Wildman–Crippen LogP) is 4.07. The minimum atomic E-state index is -0.269. The van der Waals surface area contributed by atoms with Crippen LogP contribution in [-0.4, -0.2) is 36.6 Å². The lowest BCUT2D eigenvalue weighted by atomic mass is 9.97. The van der Waals surface area contributed by atoms with Gasteiger partial charge in [-0.2, -0.15) is 0 Å². The van der Waals surface area contributed by atoms with Crippen LogP contribution in [0.5, 0.6) is 0 Å². The third kappa shape index (κ3) is 3.01. The SMILES string of the molecule is COC1(C)CCCN(C(=O)c2cc3cc(F)ccc3s2)CC1. The zero-order chi connectivity index (χ0) is 15.7. The van der Waals surface area contributed by atoms with Gasteiger partial charge in [0, 0.05) is 24.9 Å². The Morgan fingerprint density at radius 2 is 2.14 bits per heavy atom. The summed E-state index contributed by atoms with van der Waals surface area (Å²) in [7, 11) is 1.73. The van der Waals surface area contributed by atoms with Crippen molar-refractivity contribution < 1.29 is 13.9 Å². The first-order chi connectivity index (χ1) is 10.5. The number of nitrogens with zero attached hydrogens (tertiary/aromatic N) is 1. The van der Waals surface area contributed by atoms with Crippen LogP contribution in [0.2, 0.25) is 0 Å². The Balaban J connectivity index is 1.80. The molecular weight excluding hydrogens is 301 g/mol. The van der Waals surface area contributed by atoms with Gasteiger partial charge in [0.1, 0.15) is 5.82 Å². The standard InChI is InChI=1S/C17H20FNO2S/c1-17(21-2)6-3-8-19(9-7-17)16(20)15-11-12-10-13(18)4-5-14(12)22-15/h4-5,10-11H,3,6-9H2,1-2H3. The lowest BCUT2D eigenvalue weighted by Crippen LogP contribution is -2.33. The normalized spacial score (nSPS) is 22.8. The molecule has 0 bridgehead atoms. The number of hydrogen-bond acceptors (Lipinski definition) is 3. The third-order valence-electron chi connectivity index (χ3n) is 4.51. The van der Waals surface area contributed by atoms with E-state index in [-0.39, 0.29) is 17.3 Å². The molecule has 22 heavy (non-hydrogen) atoms. The van der Waals surface area contributed by atoms with Crippen molar-refractivity contribution in [3.05, 3.63) is 35.0 Å². The minimum absolute atomic E-state index is 0.0435. The van der Waals surface area contributed by atoms with E-state index in [0.29, 0.717) is 11.4 Å². The van der Waals surface area contributed by atoms with Gasteiger partial charge in [0.25, 0.3) is 5.91 Å². The van der Waals surface area contributed by atoms with Gasteiger partial charge in [-0.15, -0.1) is 11.3 Å². The van der Waals surface area contributed by atoms with E-state index >= 15 is 0 Å². The zero-order valence-electron chi connectivity index (χ0n) is 12.9. The lowest BCUT2D eigenvalue weighted by molar-refractivity contribution is -0.00536. The van der Waals surface area contributed by atoms with Crippen LogP contribution in [0.4, 0.5) is 4.39 Å². The molecule has 5 heteroatoms. The minimum Gasteiger partial charge on any atom is -0.378 e. The first-order valence-electron chi connectivity index (χ1n) is 7.54. The van der Waals surface area contributed by atoms with Gasteiger partial charge in [0.05, 0.1) is 10.5 Å². The largest absolute Gasteiger partial charge is 0.378 e. The average molecular weight is 321 g/mol. The maximum atomic E-state index is 13.3. The summed E-state index contributed by atoms with van der Waals surface area (Å²) in [6.45, 7) is 3.55. The summed E-state index contributed by atoms with van der Waals surface area (Å²) < 4.78 is 19.8. The highest BCUT2D eigenvalue weighted by Crippen LogP contribution is 2.29. The van der Waals surface area contributed by atoms with Crippen LogP contribution in [0.15, 0.2) is 24.3 Å². The van der Waals surface area contributed by atoms with E-state index in [9.17, 15) is 9.18 Å². The number of likely N-dealkylation sites (tertiary alicyclic amines) is 1. The summed E-state index contributed by atoms with van der Waals surface area (Å²) >= 11 is 1.43. The van der Waals surface area contributed by atoms with E-state index in [1.165, 1.54) is 23.5 Å². The number of carbonyl (C=O) groups excluding carboxylic acids is 1. The fourth-order valence-corrected chi connectivity index (χ4v) is 3.95. The van der Waals surface area contributed by atoms with E-state index in [1.807, 2.05) is 4.90 Å². The van der Waals surface area contributed by atoms with Crippen molar-refractivity contribution in [2.24, 2.45) is 0 Å². The molecule has 1 aromatic carbocycles. The van der Waals surface area contributed by atoms with Gasteiger partial charge in [-0.1, -0.05) is 0 Å². The number of methoxy groups -OCH3 is 1. The molecule has 118 valence electrons. The van der Waals surface area contributed by atoms with Gasteiger partial charge < -0.3 is 9.64 Å². The van der Waals surface area contributed by atoms with Gasteiger partial charge in [0.2, 0.25) is 0 Å². The van der Waals surface area contributed by atoms with Crippen LogP contribution in [0.3, 0.4) is 0 Å². The zero-order valence-corrected chi connectivity index (χ0v) is 13.7. The molecule has 0 aliphatic carbocycles.